The molecule has 0 amide bonds. The molecule has 0 spiro atoms. The molecular formula is C24H30ClN3OS. The summed E-state index contributed by atoms with van der Waals surface area (Å²) in [5.74, 6) is 1.92. The highest BCUT2D eigenvalue weighted by molar-refractivity contribution is 8.13. The lowest BCUT2D eigenvalue weighted by Crippen LogP contribution is -2.45. The van der Waals surface area contributed by atoms with Crippen LogP contribution in [0.2, 0.25) is 5.02 Å². The number of hydrogen-bond donors (Lipinski definition) is 0. The molecule has 0 saturated carbocycles. The van der Waals surface area contributed by atoms with Crippen LogP contribution in [0.15, 0.2) is 53.5 Å². The molecule has 2 aliphatic rings. The topological polar surface area (TPSA) is 28.1 Å². The van der Waals surface area contributed by atoms with Gasteiger partial charge in [0.2, 0.25) is 0 Å². The minimum absolute atomic E-state index is 0.589. The SMILES string of the molecule is CN(C1=Nc2ccccc2CS1)C1CCN(CCCCOc2ccc(Cl)cc2)CC1. The van der Waals surface area contributed by atoms with E-state index in [0.29, 0.717) is 6.04 Å². The number of likely N-dealkylation sites (tertiary alicyclic amines) is 1. The second kappa shape index (κ2) is 10.6. The van der Waals surface area contributed by atoms with Gasteiger partial charge in [-0.25, -0.2) is 4.99 Å². The maximum atomic E-state index is 5.90. The number of fused-ring (bicyclic) bond motifs is 1. The molecule has 0 atom stereocenters. The number of halogens is 1. The molecule has 4 nitrogen and oxygen atoms in total. The van der Waals surface area contributed by atoms with Gasteiger partial charge in [0.05, 0.1) is 12.3 Å². The molecule has 4 rings (SSSR count). The van der Waals surface area contributed by atoms with Crippen LogP contribution in [0.25, 0.3) is 0 Å². The number of amidine groups is 1. The molecule has 1 fully saturated rings. The first-order chi connectivity index (χ1) is 14.7. The van der Waals surface area contributed by atoms with Crippen molar-refractivity contribution >= 4 is 34.2 Å². The van der Waals surface area contributed by atoms with Crippen molar-refractivity contribution in [2.24, 2.45) is 4.99 Å². The first kappa shape index (κ1) is 21.5. The number of para-hydroxylation sites is 1. The van der Waals surface area contributed by atoms with Gasteiger partial charge >= 0.3 is 0 Å². The van der Waals surface area contributed by atoms with Crippen molar-refractivity contribution < 1.29 is 4.74 Å². The standard InChI is InChI=1S/C24H30ClN3OS/c1-27(24-26-23-7-3-2-6-19(23)18-30-24)21-12-15-28(16-13-21)14-4-5-17-29-22-10-8-20(25)9-11-22/h2-3,6-11,21H,4-5,12-18H2,1H3. The molecule has 6 heteroatoms. The molecule has 2 aromatic carbocycles. The van der Waals surface area contributed by atoms with Gasteiger partial charge in [0.15, 0.2) is 5.17 Å². The molecular weight excluding hydrogens is 414 g/mol. The molecule has 0 N–H and O–H groups in total. The Kier molecular flexibility index (Phi) is 7.58. The van der Waals surface area contributed by atoms with Gasteiger partial charge in [-0.1, -0.05) is 41.6 Å². The van der Waals surface area contributed by atoms with Gasteiger partial charge in [-0.2, -0.15) is 0 Å². The molecule has 1 saturated heterocycles. The van der Waals surface area contributed by atoms with E-state index in [9.17, 15) is 0 Å². The van der Waals surface area contributed by atoms with Crippen LogP contribution >= 0.6 is 23.4 Å². The van der Waals surface area contributed by atoms with E-state index in [1.807, 2.05) is 36.0 Å². The number of ether oxygens (including phenoxy) is 1. The zero-order chi connectivity index (χ0) is 20.8. The Labute approximate surface area is 189 Å². The largest absolute Gasteiger partial charge is 0.494 e. The highest BCUT2D eigenvalue weighted by Crippen LogP contribution is 2.32. The Morgan fingerprint density at radius 1 is 1.10 bits per heavy atom. The Balaban J connectivity index is 1.15. The van der Waals surface area contributed by atoms with Crippen LogP contribution < -0.4 is 4.74 Å². The van der Waals surface area contributed by atoms with Gasteiger partial charge in [-0.05, 0) is 68.1 Å². The second-order valence-electron chi connectivity index (χ2n) is 8.00. The number of thioether (sulfide) groups is 1. The summed E-state index contributed by atoms with van der Waals surface area (Å²) in [5.41, 5.74) is 2.48. The van der Waals surface area contributed by atoms with Crippen LogP contribution in [-0.4, -0.2) is 54.3 Å². The minimum Gasteiger partial charge on any atom is -0.494 e. The lowest BCUT2D eigenvalue weighted by molar-refractivity contribution is 0.162. The normalized spacial score (nSPS) is 17.3. The quantitative estimate of drug-likeness (QED) is 0.503. The van der Waals surface area contributed by atoms with Crippen LogP contribution in [0.4, 0.5) is 5.69 Å². The summed E-state index contributed by atoms with van der Waals surface area (Å²) in [6.45, 7) is 4.26. The van der Waals surface area contributed by atoms with Crippen LogP contribution in [0.5, 0.6) is 5.75 Å². The molecule has 2 aliphatic heterocycles. The number of hydrogen-bond acceptors (Lipinski definition) is 5. The summed E-state index contributed by atoms with van der Waals surface area (Å²) < 4.78 is 5.79. The third kappa shape index (κ3) is 5.71. The van der Waals surface area contributed by atoms with Gasteiger partial charge in [-0.15, -0.1) is 0 Å². The zero-order valence-electron chi connectivity index (χ0n) is 17.6. The van der Waals surface area contributed by atoms with Crippen LogP contribution in [0, 0.1) is 0 Å². The van der Waals surface area contributed by atoms with E-state index in [4.69, 9.17) is 21.3 Å². The monoisotopic (exact) mass is 443 g/mol. The van der Waals surface area contributed by atoms with E-state index in [2.05, 4.69) is 41.1 Å². The molecule has 0 bridgehead atoms. The zero-order valence-corrected chi connectivity index (χ0v) is 19.2. The number of aliphatic imine (C=N–C) groups is 1. The molecule has 2 aromatic rings. The van der Waals surface area contributed by atoms with Crippen LogP contribution in [0.1, 0.15) is 31.2 Å². The fourth-order valence-corrected chi connectivity index (χ4v) is 5.22. The van der Waals surface area contributed by atoms with Crippen molar-refractivity contribution in [3.8, 4) is 5.75 Å². The molecule has 0 aliphatic carbocycles. The number of unbranched alkanes of at least 4 members (excludes halogenated alkanes) is 1. The van der Waals surface area contributed by atoms with Gasteiger partial charge in [0, 0.05) is 37.0 Å². The first-order valence-corrected chi connectivity index (χ1v) is 12.2. The minimum atomic E-state index is 0.589. The molecule has 2 heterocycles. The smallest absolute Gasteiger partial charge is 0.164 e. The van der Waals surface area contributed by atoms with E-state index < -0.39 is 0 Å². The van der Waals surface area contributed by atoms with Crippen LogP contribution in [-0.2, 0) is 5.75 Å². The third-order valence-corrected chi connectivity index (χ3v) is 7.27. The maximum absolute atomic E-state index is 5.90. The van der Waals surface area contributed by atoms with E-state index in [0.717, 1.165) is 41.8 Å². The lowest BCUT2D eigenvalue weighted by Gasteiger charge is -2.38. The summed E-state index contributed by atoms with van der Waals surface area (Å²) >= 11 is 7.77. The van der Waals surface area contributed by atoms with Crippen molar-refractivity contribution in [1.29, 1.82) is 0 Å². The van der Waals surface area contributed by atoms with E-state index in [1.54, 1.807) is 0 Å². The van der Waals surface area contributed by atoms with Crippen LogP contribution in [0.3, 0.4) is 0 Å². The Morgan fingerprint density at radius 3 is 2.67 bits per heavy atom. The first-order valence-electron chi connectivity index (χ1n) is 10.8. The molecule has 0 unspecified atom stereocenters. The molecule has 0 aromatic heterocycles. The van der Waals surface area contributed by atoms with E-state index in [1.165, 1.54) is 43.1 Å². The number of nitrogens with zero attached hydrogens (tertiary/aromatic N) is 3. The van der Waals surface area contributed by atoms with Gasteiger partial charge < -0.3 is 14.5 Å². The average Bonchev–Trinajstić information content (AvgIpc) is 2.80. The average molecular weight is 444 g/mol. The summed E-state index contributed by atoms with van der Waals surface area (Å²) in [4.78, 5) is 9.92. The predicted molar refractivity (Wildman–Crippen MR) is 128 cm³/mol. The van der Waals surface area contributed by atoms with E-state index in [-0.39, 0.29) is 0 Å². The maximum Gasteiger partial charge on any atom is 0.164 e. The second-order valence-corrected chi connectivity index (χ2v) is 9.38. The van der Waals surface area contributed by atoms with Crippen molar-refractivity contribution in [1.82, 2.24) is 9.80 Å². The third-order valence-electron chi connectivity index (χ3n) is 5.92. The fraction of sp³-hybridized carbons (Fsp3) is 0.458. The Morgan fingerprint density at radius 2 is 1.87 bits per heavy atom. The van der Waals surface area contributed by atoms with Crippen molar-refractivity contribution in [3.05, 3.63) is 59.1 Å². The highest BCUT2D eigenvalue weighted by Gasteiger charge is 2.26. The number of rotatable bonds is 7. The van der Waals surface area contributed by atoms with Crippen molar-refractivity contribution in [2.75, 3.05) is 33.3 Å². The van der Waals surface area contributed by atoms with E-state index >= 15 is 0 Å². The summed E-state index contributed by atoms with van der Waals surface area (Å²) in [6, 6.07) is 16.7. The summed E-state index contributed by atoms with van der Waals surface area (Å²) in [7, 11) is 2.22. The van der Waals surface area contributed by atoms with Crippen molar-refractivity contribution in [3.63, 3.8) is 0 Å². The highest BCUT2D eigenvalue weighted by atomic mass is 35.5. The molecule has 0 radical (unpaired) electrons. The van der Waals surface area contributed by atoms with Gasteiger partial charge in [-0.3, -0.25) is 0 Å². The Hall–Kier alpha value is -1.69. The van der Waals surface area contributed by atoms with Gasteiger partial charge in [0.1, 0.15) is 5.75 Å². The fourth-order valence-electron chi connectivity index (χ4n) is 4.04. The van der Waals surface area contributed by atoms with Crippen molar-refractivity contribution in [2.45, 2.75) is 37.5 Å². The lowest BCUT2D eigenvalue weighted by atomic mass is 10.0. The molecule has 160 valence electrons. The Bertz CT molecular complexity index is 850. The molecule has 30 heavy (non-hydrogen) atoms. The number of benzene rings is 2. The summed E-state index contributed by atoms with van der Waals surface area (Å²) in [5, 5.41) is 1.92. The predicted octanol–water partition coefficient (Wildman–Crippen LogP) is 5.83. The summed E-state index contributed by atoms with van der Waals surface area (Å²) in [6.07, 6.45) is 4.67. The van der Waals surface area contributed by atoms with Gasteiger partial charge in [0.25, 0.3) is 0 Å². The number of piperidine rings is 1.